The zero-order valence-corrected chi connectivity index (χ0v) is 8.69. The van der Waals surface area contributed by atoms with Gasteiger partial charge in [0.1, 0.15) is 0 Å². The lowest BCUT2D eigenvalue weighted by Gasteiger charge is -2.07. The Morgan fingerprint density at radius 2 is 2.00 bits per heavy atom. The summed E-state index contributed by atoms with van der Waals surface area (Å²) in [6.45, 7) is 3.53. The maximum atomic E-state index is 10.3. The summed E-state index contributed by atoms with van der Waals surface area (Å²) in [6.07, 6.45) is 0.766. The Balaban J connectivity index is 3.74. The van der Waals surface area contributed by atoms with Crippen LogP contribution in [-0.4, -0.2) is 24.3 Å². The van der Waals surface area contributed by atoms with Crippen molar-refractivity contribution in [1.29, 1.82) is 0 Å². The molecule has 0 fully saturated rings. The Morgan fingerprint density at radius 1 is 1.46 bits per heavy atom. The molecule has 0 spiro atoms. The minimum Gasteiger partial charge on any atom is -0.316 e. The van der Waals surface area contributed by atoms with Gasteiger partial charge in [-0.25, -0.2) is 0 Å². The van der Waals surface area contributed by atoms with Gasteiger partial charge in [0, 0.05) is 6.42 Å². The summed E-state index contributed by atoms with van der Waals surface area (Å²) in [5.74, 6) is 5.26. The third kappa shape index (κ3) is 11.4. The van der Waals surface area contributed by atoms with E-state index in [9.17, 15) is 8.42 Å². The Hall–Kier alpha value is -0.570. The lowest BCUT2D eigenvalue weighted by atomic mass is 10.1. The van der Waals surface area contributed by atoms with Crippen molar-refractivity contribution in [2.24, 2.45) is 5.73 Å². The van der Waals surface area contributed by atoms with E-state index in [2.05, 4.69) is 11.8 Å². The summed E-state index contributed by atoms with van der Waals surface area (Å²) in [6, 6.07) is 0. The zero-order valence-electron chi connectivity index (χ0n) is 7.87. The number of nitrogens with two attached hydrogens (primary N) is 1. The van der Waals surface area contributed by atoms with Crippen molar-refractivity contribution in [2.45, 2.75) is 32.2 Å². The molecule has 0 aromatic rings. The van der Waals surface area contributed by atoms with Crippen LogP contribution in [0.1, 0.15) is 26.7 Å². The van der Waals surface area contributed by atoms with Crippen LogP contribution in [-0.2, 0) is 10.1 Å². The molecule has 13 heavy (non-hydrogen) atoms. The molecular weight excluding hydrogens is 190 g/mol. The van der Waals surface area contributed by atoms with Gasteiger partial charge in [0.2, 0.25) is 0 Å². The van der Waals surface area contributed by atoms with Crippen LogP contribution in [0.2, 0.25) is 0 Å². The highest BCUT2D eigenvalue weighted by Crippen LogP contribution is 1.95. The molecule has 0 saturated carbocycles. The molecule has 0 rings (SSSR count). The van der Waals surface area contributed by atoms with Crippen molar-refractivity contribution in [2.75, 3.05) is 5.75 Å². The summed E-state index contributed by atoms with van der Waals surface area (Å²) in [4.78, 5) is 0. The van der Waals surface area contributed by atoms with Crippen LogP contribution in [0.3, 0.4) is 0 Å². The van der Waals surface area contributed by atoms with Crippen LogP contribution in [0.5, 0.6) is 0 Å². The van der Waals surface area contributed by atoms with E-state index in [1.807, 2.05) is 0 Å². The molecule has 0 aliphatic heterocycles. The van der Waals surface area contributed by atoms with Crippen LogP contribution >= 0.6 is 0 Å². The first kappa shape index (κ1) is 12.4. The minimum absolute atomic E-state index is 0.243. The zero-order chi connectivity index (χ0) is 10.5. The largest absolute Gasteiger partial charge is 0.316 e. The Morgan fingerprint density at radius 3 is 2.38 bits per heavy atom. The molecule has 3 N–H and O–H groups in total. The lowest BCUT2D eigenvalue weighted by Crippen LogP contribution is -2.29. The topological polar surface area (TPSA) is 80.4 Å². The summed E-state index contributed by atoms with van der Waals surface area (Å²) in [5.41, 5.74) is 5.02. The van der Waals surface area contributed by atoms with Crippen molar-refractivity contribution < 1.29 is 13.0 Å². The highest BCUT2D eigenvalue weighted by Gasteiger charge is 2.04. The van der Waals surface area contributed by atoms with Crippen molar-refractivity contribution in [3.05, 3.63) is 0 Å². The van der Waals surface area contributed by atoms with Crippen molar-refractivity contribution in [3.63, 3.8) is 0 Å². The standard InChI is InChI=1S/C8H15NO3S/c1-8(2,9)6-4-3-5-7-13(10,11)12/h3,5,7,9H2,1-2H3,(H,10,11,12). The third-order valence-corrected chi connectivity index (χ3v) is 1.92. The van der Waals surface area contributed by atoms with Crippen LogP contribution in [0, 0.1) is 11.8 Å². The smallest absolute Gasteiger partial charge is 0.264 e. The quantitative estimate of drug-likeness (QED) is 0.397. The molecule has 4 nitrogen and oxygen atoms in total. The van der Waals surface area contributed by atoms with Crippen LogP contribution in [0.15, 0.2) is 0 Å². The molecule has 0 amide bonds. The molecule has 0 atom stereocenters. The predicted molar refractivity (Wildman–Crippen MR) is 51.7 cm³/mol. The van der Waals surface area contributed by atoms with Gasteiger partial charge in [-0.1, -0.05) is 5.92 Å². The van der Waals surface area contributed by atoms with Gasteiger partial charge in [0.15, 0.2) is 0 Å². The van der Waals surface area contributed by atoms with E-state index in [1.54, 1.807) is 13.8 Å². The van der Waals surface area contributed by atoms with Gasteiger partial charge in [-0.3, -0.25) is 4.55 Å². The fourth-order valence-electron chi connectivity index (χ4n) is 0.633. The van der Waals surface area contributed by atoms with E-state index in [-0.39, 0.29) is 5.75 Å². The maximum Gasteiger partial charge on any atom is 0.264 e. The average Bonchev–Trinajstić information content (AvgIpc) is 1.81. The van der Waals surface area contributed by atoms with Crippen LogP contribution in [0.25, 0.3) is 0 Å². The SMILES string of the molecule is CC(C)(N)C#CCCCS(=O)(=O)O. The van der Waals surface area contributed by atoms with Gasteiger partial charge >= 0.3 is 0 Å². The maximum absolute atomic E-state index is 10.3. The summed E-state index contributed by atoms with van der Waals surface area (Å²) in [7, 11) is -3.84. The molecule has 0 aliphatic carbocycles. The van der Waals surface area contributed by atoms with Gasteiger partial charge in [0.25, 0.3) is 10.1 Å². The van der Waals surface area contributed by atoms with Crippen molar-refractivity contribution in [1.82, 2.24) is 0 Å². The van der Waals surface area contributed by atoms with Gasteiger partial charge < -0.3 is 5.73 Å². The van der Waals surface area contributed by atoms with E-state index < -0.39 is 15.7 Å². The predicted octanol–water partition coefficient (Wildman–Crippen LogP) is 0.395. The number of hydrogen-bond donors (Lipinski definition) is 2. The van der Waals surface area contributed by atoms with Crippen molar-refractivity contribution >= 4 is 10.1 Å². The molecule has 0 radical (unpaired) electrons. The Bertz CT molecular complexity index is 303. The molecule has 0 saturated heterocycles. The molecule has 0 unspecified atom stereocenters. The molecule has 0 aromatic heterocycles. The fraction of sp³-hybridized carbons (Fsp3) is 0.750. The second kappa shape index (κ2) is 4.61. The second-order valence-electron chi connectivity index (χ2n) is 3.41. The second-order valence-corrected chi connectivity index (χ2v) is 4.99. The lowest BCUT2D eigenvalue weighted by molar-refractivity contribution is 0.481. The highest BCUT2D eigenvalue weighted by atomic mass is 32.2. The van der Waals surface area contributed by atoms with Crippen LogP contribution in [0.4, 0.5) is 0 Å². The monoisotopic (exact) mass is 205 g/mol. The first-order chi connectivity index (χ1) is 5.71. The number of unbranched alkanes of at least 4 members (excludes halogenated alkanes) is 1. The molecule has 5 heteroatoms. The highest BCUT2D eigenvalue weighted by molar-refractivity contribution is 7.85. The van der Waals surface area contributed by atoms with E-state index in [4.69, 9.17) is 10.3 Å². The third-order valence-electron chi connectivity index (χ3n) is 1.11. The van der Waals surface area contributed by atoms with Crippen molar-refractivity contribution in [3.8, 4) is 11.8 Å². The van der Waals surface area contributed by atoms with Gasteiger partial charge in [-0.15, -0.1) is 5.92 Å². The summed E-state index contributed by atoms with van der Waals surface area (Å²) >= 11 is 0. The summed E-state index contributed by atoms with van der Waals surface area (Å²) < 4.78 is 28.9. The molecular formula is C8H15NO3S. The first-order valence-corrected chi connectivity index (χ1v) is 5.56. The molecule has 0 aromatic carbocycles. The molecule has 0 aliphatic rings. The van der Waals surface area contributed by atoms with Gasteiger partial charge in [0.05, 0.1) is 11.3 Å². The minimum atomic E-state index is -3.84. The molecule has 0 bridgehead atoms. The molecule has 76 valence electrons. The number of hydrogen-bond acceptors (Lipinski definition) is 3. The van der Waals surface area contributed by atoms with E-state index >= 15 is 0 Å². The Labute approximate surface area is 79.3 Å². The first-order valence-electron chi connectivity index (χ1n) is 3.95. The van der Waals surface area contributed by atoms with E-state index in [0.717, 1.165) is 0 Å². The van der Waals surface area contributed by atoms with Gasteiger partial charge in [-0.2, -0.15) is 8.42 Å². The fourth-order valence-corrected chi connectivity index (χ4v) is 1.14. The number of rotatable bonds is 3. The average molecular weight is 205 g/mol. The molecule has 0 heterocycles. The van der Waals surface area contributed by atoms with Gasteiger partial charge in [-0.05, 0) is 20.3 Å². The Kier molecular flexibility index (Phi) is 4.40. The normalized spacial score (nSPS) is 12.0. The van der Waals surface area contributed by atoms with Crippen LogP contribution < -0.4 is 5.73 Å². The van der Waals surface area contributed by atoms with E-state index in [0.29, 0.717) is 12.8 Å². The summed E-state index contributed by atoms with van der Waals surface area (Å²) in [5, 5.41) is 0. The van der Waals surface area contributed by atoms with E-state index in [1.165, 1.54) is 0 Å².